The third-order valence-electron chi connectivity index (χ3n) is 7.65. The summed E-state index contributed by atoms with van der Waals surface area (Å²) in [7, 11) is 1.67. The third kappa shape index (κ3) is 6.86. The van der Waals surface area contributed by atoms with Crippen molar-refractivity contribution in [2.45, 2.75) is 46.0 Å². The Morgan fingerprint density at radius 1 is 0.875 bits per heavy atom. The van der Waals surface area contributed by atoms with Gasteiger partial charge in [0.05, 0.1) is 12.6 Å². The van der Waals surface area contributed by atoms with Gasteiger partial charge in [-0.15, -0.1) is 0 Å². The molecule has 3 aromatic carbocycles. The summed E-state index contributed by atoms with van der Waals surface area (Å²) in [4.78, 5) is 7.05. The molecule has 0 unspecified atom stereocenters. The predicted octanol–water partition coefficient (Wildman–Crippen LogP) is 8.19. The van der Waals surface area contributed by atoms with Crippen molar-refractivity contribution in [3.05, 3.63) is 78.5 Å². The SMILES string of the molecule is COc1cc2c(Oc3ccc(Nc4ccc(C(C)(C)C)cc4)cc3)ccnc2cc1OCCN1CCC(C)CC1. The van der Waals surface area contributed by atoms with E-state index in [-0.39, 0.29) is 5.41 Å². The average molecular weight is 540 g/mol. The van der Waals surface area contributed by atoms with Crippen LogP contribution in [0.3, 0.4) is 0 Å². The minimum absolute atomic E-state index is 0.138. The van der Waals surface area contributed by atoms with Crippen LogP contribution < -0.4 is 19.5 Å². The van der Waals surface area contributed by atoms with E-state index >= 15 is 0 Å². The molecule has 1 aromatic heterocycles. The van der Waals surface area contributed by atoms with Crippen molar-refractivity contribution in [1.29, 1.82) is 0 Å². The maximum atomic E-state index is 6.29. The van der Waals surface area contributed by atoms with Gasteiger partial charge in [0.25, 0.3) is 0 Å². The van der Waals surface area contributed by atoms with Crippen LogP contribution in [0.15, 0.2) is 72.9 Å². The Hall–Kier alpha value is -3.77. The number of methoxy groups -OCH3 is 1. The van der Waals surface area contributed by atoms with Crippen molar-refractivity contribution < 1.29 is 14.2 Å². The predicted molar refractivity (Wildman–Crippen MR) is 164 cm³/mol. The highest BCUT2D eigenvalue weighted by Crippen LogP contribution is 2.37. The molecule has 0 amide bonds. The molecule has 1 fully saturated rings. The molecule has 1 N–H and O–H groups in total. The number of hydrogen-bond donors (Lipinski definition) is 1. The van der Waals surface area contributed by atoms with Gasteiger partial charge in [-0.25, -0.2) is 0 Å². The number of pyridine rings is 1. The number of anilines is 2. The molecule has 0 aliphatic carbocycles. The van der Waals surface area contributed by atoms with Crippen LogP contribution in [0.5, 0.6) is 23.0 Å². The second-order valence-electron chi connectivity index (χ2n) is 11.8. The molecule has 0 spiro atoms. The van der Waals surface area contributed by atoms with Crippen molar-refractivity contribution >= 4 is 22.3 Å². The first-order chi connectivity index (χ1) is 19.3. The van der Waals surface area contributed by atoms with Gasteiger partial charge < -0.3 is 19.5 Å². The first-order valence-corrected chi connectivity index (χ1v) is 14.3. The monoisotopic (exact) mass is 539 g/mol. The summed E-state index contributed by atoms with van der Waals surface area (Å²) >= 11 is 0. The lowest BCUT2D eigenvalue weighted by Crippen LogP contribution is -2.35. The Morgan fingerprint density at radius 3 is 2.20 bits per heavy atom. The van der Waals surface area contributed by atoms with Crippen molar-refractivity contribution in [3.8, 4) is 23.0 Å². The van der Waals surface area contributed by atoms with Crippen LogP contribution in [0.25, 0.3) is 10.9 Å². The number of piperidine rings is 1. The molecule has 0 radical (unpaired) electrons. The van der Waals surface area contributed by atoms with E-state index in [0.717, 1.165) is 59.3 Å². The normalized spacial score (nSPS) is 14.7. The topological polar surface area (TPSA) is 55.9 Å². The third-order valence-corrected chi connectivity index (χ3v) is 7.65. The van der Waals surface area contributed by atoms with Crippen LogP contribution in [0.1, 0.15) is 46.1 Å². The smallest absolute Gasteiger partial charge is 0.163 e. The molecule has 1 aliphatic rings. The van der Waals surface area contributed by atoms with E-state index in [2.05, 4.69) is 67.2 Å². The Bertz CT molecular complexity index is 1400. The average Bonchev–Trinajstić information content (AvgIpc) is 2.95. The summed E-state index contributed by atoms with van der Waals surface area (Å²) in [5, 5.41) is 4.34. The largest absolute Gasteiger partial charge is 0.493 e. The number of ether oxygens (including phenoxy) is 3. The van der Waals surface area contributed by atoms with Crippen molar-refractivity contribution in [3.63, 3.8) is 0 Å². The zero-order chi connectivity index (χ0) is 28.1. The van der Waals surface area contributed by atoms with Gasteiger partial charge in [0.15, 0.2) is 11.5 Å². The Balaban J connectivity index is 1.25. The fourth-order valence-electron chi connectivity index (χ4n) is 5.01. The standard InChI is InChI=1S/C34H41N3O3/c1-24-15-18-37(19-16-24)20-21-39-33-23-30-29(22-32(33)38-5)31(14-17-35-30)40-28-12-10-27(11-13-28)36-26-8-6-25(7-9-26)34(2,3)4/h6-14,17,22-24,36H,15-16,18-21H2,1-5H3. The molecule has 40 heavy (non-hydrogen) atoms. The van der Waals surface area contributed by atoms with E-state index in [1.807, 2.05) is 42.5 Å². The molecule has 4 aromatic rings. The number of benzene rings is 3. The van der Waals surface area contributed by atoms with Gasteiger partial charge in [0.2, 0.25) is 0 Å². The van der Waals surface area contributed by atoms with Crippen molar-refractivity contribution in [1.82, 2.24) is 9.88 Å². The molecule has 2 heterocycles. The summed E-state index contributed by atoms with van der Waals surface area (Å²) in [6, 6.07) is 22.3. The second-order valence-corrected chi connectivity index (χ2v) is 11.8. The Morgan fingerprint density at radius 2 is 1.55 bits per heavy atom. The number of fused-ring (bicyclic) bond motifs is 1. The lowest BCUT2D eigenvalue weighted by atomic mass is 9.87. The summed E-state index contributed by atoms with van der Waals surface area (Å²) in [6.45, 7) is 12.8. The van der Waals surface area contributed by atoms with Crippen LogP contribution in [-0.2, 0) is 5.41 Å². The van der Waals surface area contributed by atoms with Gasteiger partial charge in [-0.1, -0.05) is 39.8 Å². The highest BCUT2D eigenvalue weighted by molar-refractivity contribution is 5.88. The molecule has 0 saturated carbocycles. The summed E-state index contributed by atoms with van der Waals surface area (Å²) in [5.74, 6) is 3.67. The second kappa shape index (κ2) is 12.2. The molecule has 5 rings (SSSR count). The van der Waals surface area contributed by atoms with Crippen LogP contribution in [0.2, 0.25) is 0 Å². The van der Waals surface area contributed by atoms with Gasteiger partial charge in [-0.2, -0.15) is 0 Å². The summed E-state index contributed by atoms with van der Waals surface area (Å²) in [6.07, 6.45) is 4.29. The molecular weight excluding hydrogens is 498 g/mol. The molecule has 6 heteroatoms. The van der Waals surface area contributed by atoms with Gasteiger partial charge in [-0.3, -0.25) is 9.88 Å². The molecule has 1 aliphatic heterocycles. The van der Waals surface area contributed by atoms with Crippen LogP contribution in [0, 0.1) is 5.92 Å². The summed E-state index contributed by atoms with van der Waals surface area (Å²) < 4.78 is 18.1. The van der Waals surface area contributed by atoms with E-state index in [9.17, 15) is 0 Å². The molecular formula is C34H41N3O3. The van der Waals surface area contributed by atoms with Crippen LogP contribution >= 0.6 is 0 Å². The van der Waals surface area contributed by atoms with Gasteiger partial charge in [0, 0.05) is 35.6 Å². The van der Waals surface area contributed by atoms with Gasteiger partial charge in [-0.05, 0) is 91.4 Å². The zero-order valence-corrected chi connectivity index (χ0v) is 24.4. The van der Waals surface area contributed by atoms with Crippen LogP contribution in [-0.4, -0.2) is 43.2 Å². The molecule has 210 valence electrons. The van der Waals surface area contributed by atoms with E-state index in [4.69, 9.17) is 14.2 Å². The van der Waals surface area contributed by atoms with E-state index in [1.54, 1.807) is 13.3 Å². The Kier molecular flexibility index (Phi) is 8.46. The number of nitrogens with zero attached hydrogens (tertiary/aromatic N) is 2. The lowest BCUT2D eigenvalue weighted by Gasteiger charge is -2.30. The Labute approximate surface area is 238 Å². The fourth-order valence-corrected chi connectivity index (χ4v) is 5.01. The molecule has 0 bridgehead atoms. The maximum Gasteiger partial charge on any atom is 0.163 e. The first kappa shape index (κ1) is 27.8. The maximum absolute atomic E-state index is 6.29. The number of nitrogens with one attached hydrogen (secondary N) is 1. The lowest BCUT2D eigenvalue weighted by molar-refractivity contribution is 0.159. The number of hydrogen-bond acceptors (Lipinski definition) is 6. The number of likely N-dealkylation sites (tertiary alicyclic amines) is 1. The van der Waals surface area contributed by atoms with Crippen molar-refractivity contribution in [2.75, 3.05) is 38.7 Å². The van der Waals surface area contributed by atoms with E-state index < -0.39 is 0 Å². The van der Waals surface area contributed by atoms with Gasteiger partial charge in [0.1, 0.15) is 18.1 Å². The first-order valence-electron chi connectivity index (χ1n) is 14.3. The minimum atomic E-state index is 0.138. The molecule has 1 saturated heterocycles. The van der Waals surface area contributed by atoms with E-state index in [0.29, 0.717) is 18.1 Å². The number of rotatable bonds is 9. The van der Waals surface area contributed by atoms with Crippen molar-refractivity contribution in [2.24, 2.45) is 5.92 Å². The summed E-state index contributed by atoms with van der Waals surface area (Å²) in [5.41, 5.74) is 4.31. The highest BCUT2D eigenvalue weighted by atomic mass is 16.5. The molecule has 6 nitrogen and oxygen atoms in total. The molecule has 0 atom stereocenters. The highest BCUT2D eigenvalue weighted by Gasteiger charge is 2.17. The zero-order valence-electron chi connectivity index (χ0n) is 24.4. The van der Waals surface area contributed by atoms with Gasteiger partial charge >= 0.3 is 0 Å². The number of aromatic nitrogens is 1. The fraction of sp³-hybridized carbons (Fsp3) is 0.382. The van der Waals surface area contributed by atoms with E-state index in [1.165, 1.54) is 18.4 Å². The quantitative estimate of drug-likeness (QED) is 0.231. The minimum Gasteiger partial charge on any atom is -0.493 e. The van der Waals surface area contributed by atoms with Crippen LogP contribution in [0.4, 0.5) is 11.4 Å².